The molecule has 0 saturated carbocycles. The molecule has 31 heavy (non-hydrogen) atoms. The summed E-state index contributed by atoms with van der Waals surface area (Å²) in [6, 6.07) is 9.74. The summed E-state index contributed by atoms with van der Waals surface area (Å²) in [5.74, 6) is -1.41. The molecule has 3 aromatic rings. The van der Waals surface area contributed by atoms with E-state index in [9.17, 15) is 18.4 Å². The molecule has 0 N–H and O–H groups in total. The van der Waals surface area contributed by atoms with Crippen LogP contribution in [-0.2, 0) is 9.53 Å². The highest BCUT2D eigenvalue weighted by Gasteiger charge is 2.45. The van der Waals surface area contributed by atoms with Crippen LogP contribution in [0, 0.1) is 0 Å². The summed E-state index contributed by atoms with van der Waals surface area (Å²) in [6.07, 6.45) is -0.916. The molecule has 0 aliphatic rings. The third-order valence-corrected chi connectivity index (χ3v) is 5.47. The van der Waals surface area contributed by atoms with E-state index in [-0.39, 0.29) is 17.6 Å². The highest BCUT2D eigenvalue weighted by molar-refractivity contribution is 8.01. The number of benzene rings is 1. The number of hydrogen-bond donors (Lipinski definition) is 0. The van der Waals surface area contributed by atoms with Crippen LogP contribution in [0.4, 0.5) is 19.3 Å². The first-order chi connectivity index (χ1) is 14.5. The lowest BCUT2D eigenvalue weighted by Gasteiger charge is -2.23. The number of alkyl halides is 2. The van der Waals surface area contributed by atoms with Gasteiger partial charge in [0.05, 0.1) is 0 Å². The van der Waals surface area contributed by atoms with Crippen molar-refractivity contribution in [3.05, 3.63) is 47.2 Å². The zero-order chi connectivity index (χ0) is 22.8. The summed E-state index contributed by atoms with van der Waals surface area (Å²) >= 11 is 1.19. The second-order valence-corrected chi connectivity index (χ2v) is 9.31. The minimum atomic E-state index is -3.91. The molecule has 0 saturated heterocycles. The molecule has 0 aliphatic heterocycles. The summed E-state index contributed by atoms with van der Waals surface area (Å²) in [5, 5.41) is 6.74. The van der Waals surface area contributed by atoms with Crippen molar-refractivity contribution in [1.29, 1.82) is 0 Å². The van der Waals surface area contributed by atoms with Gasteiger partial charge >= 0.3 is 17.3 Å². The molecular weight excluding hydrogens is 446 g/mol. The Labute approximate surface area is 186 Å². The molecule has 7 nitrogen and oxygen atoms in total. The number of anilines is 1. The van der Waals surface area contributed by atoms with Gasteiger partial charge in [-0.05, 0) is 56.1 Å². The Hall–Kier alpha value is -2.79. The lowest BCUT2D eigenvalue weighted by molar-refractivity contribution is -0.131. The Morgan fingerprint density at radius 1 is 1.13 bits per heavy atom. The van der Waals surface area contributed by atoms with E-state index in [0.29, 0.717) is 11.3 Å². The van der Waals surface area contributed by atoms with Crippen molar-refractivity contribution in [3.8, 4) is 11.4 Å². The highest BCUT2D eigenvalue weighted by atomic mass is 32.2. The number of thiophene rings is 1. The second kappa shape index (κ2) is 8.75. The first-order valence-corrected chi connectivity index (χ1v) is 10.9. The lowest BCUT2D eigenvalue weighted by atomic mass is 10.2. The lowest BCUT2D eigenvalue weighted by Crippen LogP contribution is -2.39. The number of halogens is 2. The zero-order valence-corrected chi connectivity index (χ0v) is 18.8. The first kappa shape index (κ1) is 22.9. The highest BCUT2D eigenvalue weighted by Crippen LogP contribution is 2.39. The van der Waals surface area contributed by atoms with Crippen LogP contribution in [0.5, 0.6) is 0 Å². The average molecular weight is 467 g/mol. The van der Waals surface area contributed by atoms with Crippen molar-refractivity contribution in [3.63, 3.8) is 0 Å². The molecule has 3 rings (SSSR count). The summed E-state index contributed by atoms with van der Waals surface area (Å²) < 4.78 is 36.0. The van der Waals surface area contributed by atoms with Gasteiger partial charge in [0, 0.05) is 23.7 Å². The minimum absolute atomic E-state index is 0.0534. The molecule has 0 aliphatic carbocycles. The molecule has 0 atom stereocenters. The van der Waals surface area contributed by atoms with E-state index in [1.807, 2.05) is 0 Å². The van der Waals surface area contributed by atoms with Gasteiger partial charge in [-0.2, -0.15) is 20.1 Å². The van der Waals surface area contributed by atoms with Gasteiger partial charge in [0.15, 0.2) is 5.82 Å². The van der Waals surface area contributed by atoms with E-state index >= 15 is 0 Å². The van der Waals surface area contributed by atoms with Gasteiger partial charge in [-0.3, -0.25) is 4.79 Å². The Balaban J connectivity index is 1.94. The fourth-order valence-corrected chi connectivity index (χ4v) is 3.93. The third-order valence-electron chi connectivity index (χ3n) is 3.91. The van der Waals surface area contributed by atoms with Crippen LogP contribution in [0.25, 0.3) is 11.4 Å². The van der Waals surface area contributed by atoms with E-state index in [1.165, 1.54) is 30.5 Å². The number of carbonyl (C=O) groups excluding carboxylic acids is 2. The molecule has 0 unspecified atom stereocenters. The van der Waals surface area contributed by atoms with Crippen molar-refractivity contribution in [2.24, 2.45) is 0 Å². The number of rotatable bonds is 5. The van der Waals surface area contributed by atoms with Gasteiger partial charge in [0.25, 0.3) is 0 Å². The van der Waals surface area contributed by atoms with Gasteiger partial charge in [-0.1, -0.05) is 18.2 Å². The van der Waals surface area contributed by atoms with Crippen molar-refractivity contribution >= 4 is 40.8 Å². The van der Waals surface area contributed by atoms with E-state index in [1.54, 1.807) is 55.8 Å². The van der Waals surface area contributed by atoms with Gasteiger partial charge in [-0.15, -0.1) is 10.2 Å². The molecule has 0 fully saturated rings. The third kappa shape index (κ3) is 5.28. The number of ether oxygens (including phenoxy) is 1. The normalized spacial score (nSPS) is 11.9. The molecule has 0 spiro atoms. The number of hydrogen-bond acceptors (Lipinski definition) is 7. The Morgan fingerprint density at radius 3 is 2.39 bits per heavy atom. The van der Waals surface area contributed by atoms with E-state index in [4.69, 9.17) is 4.74 Å². The maximum absolute atomic E-state index is 14.9. The quantitative estimate of drug-likeness (QED) is 0.485. The number of carbonyl (C=O) groups is 2. The van der Waals surface area contributed by atoms with Crippen molar-refractivity contribution in [1.82, 2.24) is 14.8 Å². The molecule has 1 amide bonds. The SMILES string of the molecule is CN(C(=O)C(F)(F)Sc1nnc(-c2ccsc2)n1C(=O)OC(C)(C)C)c1ccccc1. The monoisotopic (exact) mass is 466 g/mol. The van der Waals surface area contributed by atoms with Crippen LogP contribution in [-0.4, -0.2) is 44.7 Å². The van der Waals surface area contributed by atoms with Crippen molar-refractivity contribution in [2.45, 2.75) is 36.8 Å². The maximum atomic E-state index is 14.9. The van der Waals surface area contributed by atoms with Gasteiger partial charge in [-0.25, -0.2) is 9.36 Å². The Kier molecular flexibility index (Phi) is 6.46. The van der Waals surface area contributed by atoms with Gasteiger partial charge in [0.2, 0.25) is 5.16 Å². The number of thioether (sulfide) groups is 1. The predicted octanol–water partition coefficient (Wildman–Crippen LogP) is 5.14. The number of para-hydroxylation sites is 1. The number of nitrogens with zero attached hydrogens (tertiary/aromatic N) is 4. The number of amides is 1. The van der Waals surface area contributed by atoms with Crippen LogP contribution in [0.15, 0.2) is 52.3 Å². The van der Waals surface area contributed by atoms with Crippen molar-refractivity contribution in [2.75, 3.05) is 11.9 Å². The molecular formula is C20H20F2N4O3S2. The molecule has 2 heterocycles. The first-order valence-electron chi connectivity index (χ1n) is 9.11. The standard InChI is InChI=1S/C20H20F2N4O3S2/c1-19(2,3)29-18(28)26-15(13-10-11-30-12-13)23-24-17(26)31-20(21,22)16(27)25(4)14-8-6-5-7-9-14/h5-12H,1-4H3. The van der Waals surface area contributed by atoms with Gasteiger partial charge in [0.1, 0.15) is 5.60 Å². The molecule has 0 bridgehead atoms. The number of aromatic nitrogens is 3. The van der Waals surface area contributed by atoms with E-state index in [2.05, 4.69) is 10.2 Å². The van der Waals surface area contributed by atoms with Crippen LogP contribution < -0.4 is 4.90 Å². The van der Waals surface area contributed by atoms with Crippen LogP contribution in [0.1, 0.15) is 20.8 Å². The largest absolute Gasteiger partial charge is 0.443 e. The fourth-order valence-electron chi connectivity index (χ4n) is 2.51. The zero-order valence-electron chi connectivity index (χ0n) is 17.2. The topological polar surface area (TPSA) is 77.3 Å². The Morgan fingerprint density at radius 2 is 1.81 bits per heavy atom. The summed E-state index contributed by atoms with van der Waals surface area (Å²) in [6.45, 7) is 4.96. The van der Waals surface area contributed by atoms with Crippen molar-refractivity contribution < 1.29 is 23.1 Å². The van der Waals surface area contributed by atoms with Crippen LogP contribution in [0.3, 0.4) is 0 Å². The molecule has 164 valence electrons. The molecule has 2 aromatic heterocycles. The molecule has 0 radical (unpaired) electrons. The maximum Gasteiger partial charge on any atom is 0.422 e. The van der Waals surface area contributed by atoms with Gasteiger partial charge < -0.3 is 9.64 Å². The molecule has 11 heteroatoms. The summed E-state index contributed by atoms with van der Waals surface area (Å²) in [5.41, 5.74) is -0.0484. The van der Waals surface area contributed by atoms with Crippen LogP contribution >= 0.6 is 23.1 Å². The minimum Gasteiger partial charge on any atom is -0.443 e. The van der Waals surface area contributed by atoms with E-state index in [0.717, 1.165) is 9.47 Å². The average Bonchev–Trinajstić information content (AvgIpc) is 3.35. The summed E-state index contributed by atoms with van der Waals surface area (Å²) in [4.78, 5) is 26.1. The fraction of sp³-hybridized carbons (Fsp3) is 0.300. The Bertz CT molecular complexity index is 1060. The second-order valence-electron chi connectivity index (χ2n) is 7.45. The smallest absolute Gasteiger partial charge is 0.422 e. The predicted molar refractivity (Wildman–Crippen MR) is 116 cm³/mol. The van der Waals surface area contributed by atoms with E-state index < -0.39 is 28.0 Å². The molecule has 1 aromatic carbocycles. The van der Waals surface area contributed by atoms with Crippen LogP contribution in [0.2, 0.25) is 0 Å². The summed E-state index contributed by atoms with van der Waals surface area (Å²) in [7, 11) is 1.25.